The maximum absolute atomic E-state index is 13.1. The summed E-state index contributed by atoms with van der Waals surface area (Å²) in [6.45, 7) is 4.82. The number of likely N-dealkylation sites (N-methyl/N-ethyl adjacent to an activating group) is 1. The molecule has 156 valence electrons. The molecular weight excluding hydrogens is 382 g/mol. The summed E-state index contributed by atoms with van der Waals surface area (Å²) in [6, 6.07) is 0.193. The summed E-state index contributed by atoms with van der Waals surface area (Å²) in [7, 11) is 1.89. The lowest BCUT2D eigenvalue weighted by atomic mass is 9.48. The van der Waals surface area contributed by atoms with Crippen LogP contribution in [0.3, 0.4) is 0 Å². The Morgan fingerprint density at radius 3 is 2.79 bits per heavy atom. The van der Waals surface area contributed by atoms with Gasteiger partial charge in [-0.1, -0.05) is 26.3 Å². The van der Waals surface area contributed by atoms with Crippen LogP contribution in [-0.2, 0) is 9.59 Å². The van der Waals surface area contributed by atoms with Gasteiger partial charge in [-0.25, -0.2) is 4.98 Å². The van der Waals surface area contributed by atoms with Crippen LogP contribution in [0.2, 0.25) is 0 Å². The van der Waals surface area contributed by atoms with E-state index in [2.05, 4.69) is 30.2 Å². The van der Waals surface area contributed by atoms with Gasteiger partial charge in [-0.15, -0.1) is 11.3 Å². The minimum atomic E-state index is -0.319. The molecule has 0 radical (unpaired) electrons. The second-order valence-electron chi connectivity index (χ2n) is 10.2. The molecule has 5 nitrogen and oxygen atoms in total. The van der Waals surface area contributed by atoms with Gasteiger partial charge in [0, 0.05) is 30.1 Å². The molecule has 2 amide bonds. The Morgan fingerprint density at radius 2 is 2.03 bits per heavy atom. The predicted octanol–water partition coefficient (Wildman–Crippen LogP) is 4.48. The molecule has 6 heteroatoms. The summed E-state index contributed by atoms with van der Waals surface area (Å²) in [5.41, 5.74) is 0.669. The van der Waals surface area contributed by atoms with E-state index in [1.54, 1.807) is 6.20 Å². The highest BCUT2D eigenvalue weighted by atomic mass is 32.1. The van der Waals surface area contributed by atoms with Crippen LogP contribution in [0.1, 0.15) is 58.8 Å². The molecule has 5 rings (SSSR count). The molecule has 1 aliphatic heterocycles. The molecule has 3 saturated carbocycles. The SMILES string of the molecule is CN1C(=O)C(C(=O)Nc2nccs2)=C[C@@]2(C)C1CC[C@@H]1[C@H]2CC[C@]2(C)CCC[C@@H]12. The number of hydrogen-bond acceptors (Lipinski definition) is 4. The van der Waals surface area contributed by atoms with Crippen molar-refractivity contribution in [2.75, 3.05) is 12.4 Å². The number of fused-ring (bicyclic) bond motifs is 5. The minimum absolute atomic E-state index is 0.134. The van der Waals surface area contributed by atoms with Crippen molar-refractivity contribution in [3.63, 3.8) is 0 Å². The van der Waals surface area contributed by atoms with E-state index in [9.17, 15) is 9.59 Å². The largest absolute Gasteiger partial charge is 0.338 e. The van der Waals surface area contributed by atoms with Crippen molar-refractivity contribution >= 4 is 28.3 Å². The third-order valence-electron chi connectivity index (χ3n) is 8.88. The molecule has 3 fully saturated rings. The number of aromatic nitrogens is 1. The summed E-state index contributed by atoms with van der Waals surface area (Å²) in [6.07, 6.45) is 12.6. The molecule has 1 aromatic rings. The Labute approximate surface area is 177 Å². The van der Waals surface area contributed by atoms with Gasteiger partial charge in [-0.05, 0) is 61.7 Å². The van der Waals surface area contributed by atoms with Gasteiger partial charge in [0.05, 0.1) is 0 Å². The number of amides is 2. The van der Waals surface area contributed by atoms with Gasteiger partial charge < -0.3 is 4.90 Å². The number of nitrogens with zero attached hydrogens (tertiary/aromatic N) is 2. The van der Waals surface area contributed by atoms with Crippen LogP contribution in [0.5, 0.6) is 0 Å². The van der Waals surface area contributed by atoms with Crippen LogP contribution >= 0.6 is 11.3 Å². The van der Waals surface area contributed by atoms with Crippen molar-refractivity contribution in [3.05, 3.63) is 23.2 Å². The summed E-state index contributed by atoms with van der Waals surface area (Å²) < 4.78 is 0. The standard InChI is InChI=1S/C23H31N3O2S/c1-22-9-4-5-16(22)14-6-7-18-23(2,17(14)8-10-22)13-15(20(28)26(18)3)19(27)25-21-24-11-12-29-21/h11-14,16-18H,4-10H2,1-3H3,(H,24,25,27)/t14-,16-,17+,18?,22-,23+/m0/s1. The van der Waals surface area contributed by atoms with E-state index in [0.29, 0.717) is 22.0 Å². The van der Waals surface area contributed by atoms with Crippen molar-refractivity contribution in [2.24, 2.45) is 28.6 Å². The van der Waals surface area contributed by atoms with Crippen LogP contribution in [0, 0.1) is 28.6 Å². The molecule has 0 bridgehead atoms. The number of thiazole rings is 1. The second kappa shape index (κ2) is 6.66. The average molecular weight is 414 g/mol. The number of carbonyl (C=O) groups is 2. The van der Waals surface area contributed by atoms with Gasteiger partial charge in [0.2, 0.25) is 0 Å². The van der Waals surface area contributed by atoms with Crippen molar-refractivity contribution in [1.29, 1.82) is 0 Å². The Bertz CT molecular complexity index is 865. The Morgan fingerprint density at radius 1 is 1.21 bits per heavy atom. The van der Waals surface area contributed by atoms with Gasteiger partial charge in [-0.2, -0.15) is 0 Å². The average Bonchev–Trinajstić information content (AvgIpc) is 3.33. The topological polar surface area (TPSA) is 62.3 Å². The first-order valence-electron chi connectivity index (χ1n) is 11.0. The summed E-state index contributed by atoms with van der Waals surface area (Å²) in [4.78, 5) is 32.0. The van der Waals surface area contributed by atoms with Crippen LogP contribution in [0.4, 0.5) is 5.13 Å². The van der Waals surface area contributed by atoms with Gasteiger partial charge in [0.15, 0.2) is 5.13 Å². The fourth-order valence-electron chi connectivity index (χ4n) is 7.49. The van der Waals surface area contributed by atoms with E-state index in [1.807, 2.05) is 17.3 Å². The third kappa shape index (κ3) is 2.82. The highest BCUT2D eigenvalue weighted by molar-refractivity contribution is 7.13. The number of rotatable bonds is 2. The maximum Gasteiger partial charge on any atom is 0.262 e. The quantitative estimate of drug-likeness (QED) is 0.727. The first-order chi connectivity index (χ1) is 13.8. The van der Waals surface area contributed by atoms with E-state index in [1.165, 1.54) is 49.9 Å². The Hall–Kier alpha value is -1.69. The molecule has 2 heterocycles. The number of carbonyl (C=O) groups excluding carboxylic acids is 2. The summed E-state index contributed by atoms with van der Waals surface area (Å²) in [5.74, 6) is 1.61. The number of nitrogens with one attached hydrogen (secondary N) is 1. The smallest absolute Gasteiger partial charge is 0.262 e. The van der Waals surface area contributed by atoms with Crippen LogP contribution in [-0.4, -0.2) is 34.8 Å². The lowest BCUT2D eigenvalue weighted by Crippen LogP contribution is -2.60. The zero-order chi connectivity index (χ0) is 20.4. The van der Waals surface area contributed by atoms with Gasteiger partial charge in [0.1, 0.15) is 5.57 Å². The first-order valence-corrected chi connectivity index (χ1v) is 11.9. The number of anilines is 1. The van der Waals surface area contributed by atoms with E-state index in [4.69, 9.17) is 0 Å². The summed E-state index contributed by atoms with van der Waals surface area (Å²) in [5, 5.41) is 5.19. The molecule has 0 spiro atoms. The van der Waals surface area contributed by atoms with E-state index in [0.717, 1.165) is 18.3 Å². The third-order valence-corrected chi connectivity index (χ3v) is 9.57. The van der Waals surface area contributed by atoms with Crippen LogP contribution in [0.15, 0.2) is 23.2 Å². The van der Waals surface area contributed by atoms with E-state index < -0.39 is 0 Å². The van der Waals surface area contributed by atoms with Crippen molar-refractivity contribution < 1.29 is 9.59 Å². The fourth-order valence-corrected chi connectivity index (χ4v) is 8.02. The normalized spacial score (nSPS) is 41.3. The zero-order valence-electron chi connectivity index (χ0n) is 17.6. The molecule has 1 aromatic heterocycles. The van der Waals surface area contributed by atoms with Crippen LogP contribution < -0.4 is 5.32 Å². The molecular formula is C23H31N3O2S. The van der Waals surface area contributed by atoms with Crippen molar-refractivity contribution in [3.8, 4) is 0 Å². The molecule has 0 saturated heterocycles. The Balaban J connectivity index is 1.50. The lowest BCUT2D eigenvalue weighted by Gasteiger charge is -2.60. The second-order valence-corrected chi connectivity index (χ2v) is 11.1. The van der Waals surface area contributed by atoms with Crippen molar-refractivity contribution in [1.82, 2.24) is 9.88 Å². The molecule has 6 atom stereocenters. The monoisotopic (exact) mass is 413 g/mol. The molecule has 3 aliphatic carbocycles. The van der Waals surface area contributed by atoms with Gasteiger partial charge >= 0.3 is 0 Å². The minimum Gasteiger partial charge on any atom is -0.338 e. The zero-order valence-corrected chi connectivity index (χ0v) is 18.4. The number of hydrogen-bond donors (Lipinski definition) is 1. The molecule has 29 heavy (non-hydrogen) atoms. The lowest BCUT2D eigenvalue weighted by molar-refractivity contribution is -0.141. The highest BCUT2D eigenvalue weighted by Crippen LogP contribution is 2.64. The van der Waals surface area contributed by atoms with E-state index >= 15 is 0 Å². The van der Waals surface area contributed by atoms with Gasteiger partial charge in [0.25, 0.3) is 11.8 Å². The van der Waals surface area contributed by atoms with E-state index in [-0.39, 0.29) is 23.3 Å². The molecule has 1 N–H and O–H groups in total. The highest BCUT2D eigenvalue weighted by Gasteiger charge is 2.59. The molecule has 1 unspecified atom stereocenters. The molecule has 4 aliphatic rings. The van der Waals surface area contributed by atoms with Gasteiger partial charge in [-0.3, -0.25) is 14.9 Å². The predicted molar refractivity (Wildman–Crippen MR) is 114 cm³/mol. The van der Waals surface area contributed by atoms with Crippen LogP contribution in [0.25, 0.3) is 0 Å². The maximum atomic E-state index is 13.1. The summed E-state index contributed by atoms with van der Waals surface area (Å²) >= 11 is 1.37. The first kappa shape index (κ1) is 19.3. The Kier molecular flexibility index (Phi) is 4.43. The fraction of sp³-hybridized carbons (Fsp3) is 0.696. The molecule has 0 aromatic carbocycles. The van der Waals surface area contributed by atoms with Crippen molar-refractivity contribution in [2.45, 2.75) is 64.8 Å².